The number of methoxy groups -OCH3 is 1. The van der Waals surface area contributed by atoms with E-state index in [0.29, 0.717) is 11.6 Å². The number of thiophene rings is 1. The minimum absolute atomic E-state index is 0. The zero-order valence-corrected chi connectivity index (χ0v) is 17.9. The Morgan fingerprint density at radius 3 is 2.71 bits per heavy atom. The minimum atomic E-state index is -0.0932. The van der Waals surface area contributed by atoms with Crippen molar-refractivity contribution in [1.29, 1.82) is 0 Å². The van der Waals surface area contributed by atoms with E-state index in [1.807, 2.05) is 24.3 Å². The molecule has 0 spiro atoms. The van der Waals surface area contributed by atoms with Crippen molar-refractivity contribution in [2.75, 3.05) is 20.7 Å². The Bertz CT molecular complexity index is 637. The number of benzene rings is 1. The van der Waals surface area contributed by atoms with Crippen molar-refractivity contribution in [3.8, 4) is 0 Å². The van der Waals surface area contributed by atoms with Gasteiger partial charge in [-0.1, -0.05) is 29.8 Å². The van der Waals surface area contributed by atoms with Gasteiger partial charge in [-0.15, -0.1) is 35.3 Å². The van der Waals surface area contributed by atoms with Crippen molar-refractivity contribution in [3.63, 3.8) is 0 Å². The van der Waals surface area contributed by atoms with Crippen molar-refractivity contribution in [2.24, 2.45) is 4.99 Å². The van der Waals surface area contributed by atoms with E-state index in [9.17, 15) is 0 Å². The van der Waals surface area contributed by atoms with Gasteiger partial charge in [0.2, 0.25) is 0 Å². The van der Waals surface area contributed by atoms with Crippen LogP contribution in [0.25, 0.3) is 0 Å². The third-order valence-electron chi connectivity index (χ3n) is 3.51. The molecule has 1 heterocycles. The number of ether oxygens (including phenoxy) is 1. The first kappa shape index (κ1) is 21.2. The third-order valence-corrected chi connectivity index (χ3v) is 4.80. The van der Waals surface area contributed by atoms with Gasteiger partial charge in [0, 0.05) is 30.6 Å². The summed E-state index contributed by atoms with van der Waals surface area (Å²) in [5.74, 6) is 0.745. The number of hydrogen-bond acceptors (Lipinski definition) is 3. The molecule has 24 heavy (non-hydrogen) atoms. The van der Waals surface area contributed by atoms with Crippen molar-refractivity contribution in [2.45, 2.75) is 19.1 Å². The van der Waals surface area contributed by atoms with Crippen LogP contribution in [-0.2, 0) is 4.74 Å². The Labute approximate surface area is 169 Å². The maximum atomic E-state index is 6.05. The van der Waals surface area contributed by atoms with Crippen LogP contribution in [0.15, 0.2) is 46.8 Å². The first-order chi connectivity index (χ1) is 11.1. The summed E-state index contributed by atoms with van der Waals surface area (Å²) in [6.45, 7) is 2.72. The van der Waals surface area contributed by atoms with Gasteiger partial charge in [0.15, 0.2) is 5.96 Å². The zero-order valence-electron chi connectivity index (χ0n) is 14.0. The van der Waals surface area contributed by atoms with E-state index < -0.39 is 0 Å². The van der Waals surface area contributed by atoms with Gasteiger partial charge in [0.25, 0.3) is 0 Å². The molecule has 4 nitrogen and oxygen atoms in total. The van der Waals surface area contributed by atoms with Crippen LogP contribution < -0.4 is 10.6 Å². The van der Waals surface area contributed by atoms with E-state index in [2.05, 4.69) is 40.1 Å². The standard InChI is InChI=1S/C17H22ClN3OS.HI/c1-12(16-8-5-9-23-16)21-17(19-2)20-11-15(22-3)13-6-4-7-14(18)10-13;/h4-10,12,15H,11H2,1-3H3,(H2,19,20,21);1H. The first-order valence-electron chi connectivity index (χ1n) is 7.43. The number of hydrogen-bond donors (Lipinski definition) is 2. The van der Waals surface area contributed by atoms with E-state index >= 15 is 0 Å². The first-order valence-corrected chi connectivity index (χ1v) is 8.68. The van der Waals surface area contributed by atoms with Crippen molar-refractivity contribution in [3.05, 3.63) is 57.2 Å². The third kappa shape index (κ3) is 6.23. The van der Waals surface area contributed by atoms with Crippen LogP contribution in [-0.4, -0.2) is 26.7 Å². The van der Waals surface area contributed by atoms with Gasteiger partial charge in [0.1, 0.15) is 0 Å². The molecule has 0 aliphatic heterocycles. The predicted molar refractivity (Wildman–Crippen MR) is 114 cm³/mol. The summed E-state index contributed by atoms with van der Waals surface area (Å²) in [5.41, 5.74) is 1.04. The largest absolute Gasteiger partial charge is 0.375 e. The molecule has 2 unspecified atom stereocenters. The van der Waals surface area contributed by atoms with Crippen molar-refractivity contribution in [1.82, 2.24) is 10.6 Å². The van der Waals surface area contributed by atoms with Gasteiger partial charge in [-0.05, 0) is 36.1 Å². The van der Waals surface area contributed by atoms with Crippen LogP contribution >= 0.6 is 46.9 Å². The Morgan fingerprint density at radius 2 is 2.12 bits per heavy atom. The monoisotopic (exact) mass is 479 g/mol. The topological polar surface area (TPSA) is 45.7 Å². The maximum Gasteiger partial charge on any atom is 0.191 e. The second-order valence-corrected chi connectivity index (χ2v) is 6.53. The number of nitrogens with zero attached hydrogens (tertiary/aromatic N) is 1. The highest BCUT2D eigenvalue weighted by molar-refractivity contribution is 14.0. The summed E-state index contributed by atoms with van der Waals surface area (Å²) < 4.78 is 5.56. The minimum Gasteiger partial charge on any atom is -0.375 e. The molecule has 1 aromatic heterocycles. The summed E-state index contributed by atoms with van der Waals surface area (Å²) in [6, 6.07) is 12.1. The summed E-state index contributed by atoms with van der Waals surface area (Å²) in [7, 11) is 3.45. The normalized spacial score (nSPS) is 13.8. The molecular weight excluding hydrogens is 457 g/mol. The van der Waals surface area contributed by atoms with E-state index in [4.69, 9.17) is 16.3 Å². The van der Waals surface area contributed by atoms with Crippen LogP contribution in [0.3, 0.4) is 0 Å². The molecule has 2 atom stereocenters. The number of halogens is 2. The van der Waals surface area contributed by atoms with Crippen LogP contribution in [0.2, 0.25) is 5.02 Å². The van der Waals surface area contributed by atoms with Crippen LogP contribution in [0.4, 0.5) is 0 Å². The molecule has 0 bridgehead atoms. The highest BCUT2D eigenvalue weighted by Gasteiger charge is 2.13. The second-order valence-electron chi connectivity index (χ2n) is 5.11. The van der Waals surface area contributed by atoms with Gasteiger partial charge in [0.05, 0.1) is 12.1 Å². The predicted octanol–water partition coefficient (Wildman–Crippen LogP) is 4.63. The van der Waals surface area contributed by atoms with Gasteiger partial charge in [-0.2, -0.15) is 0 Å². The molecule has 0 aliphatic carbocycles. The zero-order chi connectivity index (χ0) is 16.7. The highest BCUT2D eigenvalue weighted by atomic mass is 127. The number of nitrogens with one attached hydrogen (secondary N) is 2. The average molecular weight is 480 g/mol. The molecule has 0 fully saturated rings. The maximum absolute atomic E-state index is 6.05. The van der Waals surface area contributed by atoms with E-state index in [0.717, 1.165) is 11.5 Å². The van der Waals surface area contributed by atoms with Gasteiger partial charge in [-0.3, -0.25) is 4.99 Å². The molecule has 132 valence electrons. The van der Waals surface area contributed by atoms with Gasteiger partial charge in [-0.25, -0.2) is 0 Å². The van der Waals surface area contributed by atoms with Crippen molar-refractivity contribution < 1.29 is 4.74 Å². The van der Waals surface area contributed by atoms with Crippen LogP contribution in [0.1, 0.15) is 29.5 Å². The average Bonchev–Trinajstić information content (AvgIpc) is 3.09. The summed E-state index contributed by atoms with van der Waals surface area (Å²) in [6.07, 6.45) is -0.0932. The lowest BCUT2D eigenvalue weighted by atomic mass is 10.1. The molecule has 0 saturated heterocycles. The molecule has 7 heteroatoms. The Hall–Kier alpha value is -0.830. The molecular formula is C17H23ClIN3OS. The Morgan fingerprint density at radius 1 is 1.33 bits per heavy atom. The molecule has 0 aliphatic rings. The SMILES string of the molecule is CN=C(NCC(OC)c1cccc(Cl)c1)NC(C)c1cccs1.I. The number of guanidine groups is 1. The Kier molecular flexibility index (Phi) is 9.65. The second kappa shape index (κ2) is 10.9. The number of rotatable bonds is 6. The fourth-order valence-corrected chi connectivity index (χ4v) is 3.18. The molecule has 2 rings (SSSR count). The highest BCUT2D eigenvalue weighted by Crippen LogP contribution is 2.20. The fourth-order valence-electron chi connectivity index (χ4n) is 2.24. The van der Waals surface area contributed by atoms with Crippen molar-refractivity contribution >= 4 is 52.9 Å². The van der Waals surface area contributed by atoms with E-state index in [1.165, 1.54) is 4.88 Å². The Balaban J connectivity index is 0.00000288. The summed E-state index contributed by atoms with van der Waals surface area (Å²) in [4.78, 5) is 5.54. The summed E-state index contributed by atoms with van der Waals surface area (Å²) >= 11 is 7.78. The van der Waals surface area contributed by atoms with Crippen LogP contribution in [0.5, 0.6) is 0 Å². The molecule has 1 aromatic carbocycles. The lowest BCUT2D eigenvalue weighted by Crippen LogP contribution is -2.40. The fraction of sp³-hybridized carbons (Fsp3) is 0.353. The molecule has 2 aromatic rings. The van der Waals surface area contributed by atoms with Gasteiger partial charge >= 0.3 is 0 Å². The lowest BCUT2D eigenvalue weighted by Gasteiger charge is -2.21. The molecule has 0 saturated carbocycles. The lowest BCUT2D eigenvalue weighted by molar-refractivity contribution is 0.106. The quantitative estimate of drug-likeness (QED) is 0.361. The smallest absolute Gasteiger partial charge is 0.191 e. The van der Waals surface area contributed by atoms with Crippen LogP contribution in [0, 0.1) is 0 Å². The molecule has 0 radical (unpaired) electrons. The molecule has 2 N–H and O–H groups in total. The van der Waals surface area contributed by atoms with E-state index in [1.54, 1.807) is 25.5 Å². The van der Waals surface area contributed by atoms with E-state index in [-0.39, 0.29) is 36.1 Å². The summed E-state index contributed by atoms with van der Waals surface area (Å²) in [5, 5.41) is 9.47. The van der Waals surface area contributed by atoms with Gasteiger partial charge < -0.3 is 15.4 Å². The molecule has 0 amide bonds. The number of aliphatic imine (C=N–C) groups is 1.